The highest BCUT2D eigenvalue weighted by Gasteiger charge is 2.12. The Hall–Kier alpha value is -3.75. The fourth-order valence-electron chi connectivity index (χ4n) is 2.63. The van der Waals surface area contributed by atoms with Crippen molar-refractivity contribution in [1.29, 1.82) is 0 Å². The van der Waals surface area contributed by atoms with Crippen LogP contribution in [0, 0.1) is 0 Å². The van der Waals surface area contributed by atoms with Gasteiger partial charge in [-0.15, -0.1) is 0 Å². The number of aryl methyl sites for hydroxylation is 1. The molecule has 4 aromatic rings. The van der Waals surface area contributed by atoms with Crippen molar-refractivity contribution in [3.63, 3.8) is 0 Å². The summed E-state index contributed by atoms with van der Waals surface area (Å²) in [4.78, 5) is 27.8. The first-order valence-electron chi connectivity index (χ1n) is 7.78. The van der Waals surface area contributed by atoms with Crippen LogP contribution >= 0.6 is 0 Å². The van der Waals surface area contributed by atoms with Gasteiger partial charge in [0.25, 0.3) is 5.56 Å². The number of anilines is 2. The normalized spacial score (nSPS) is 10.8. The van der Waals surface area contributed by atoms with Crippen LogP contribution in [0.4, 0.5) is 11.5 Å². The molecule has 0 aliphatic heterocycles. The van der Waals surface area contributed by atoms with Gasteiger partial charge in [0.05, 0.1) is 30.1 Å². The molecule has 0 aliphatic carbocycles. The van der Waals surface area contributed by atoms with E-state index in [1.54, 1.807) is 35.7 Å². The van der Waals surface area contributed by atoms with Crippen LogP contribution in [0.2, 0.25) is 0 Å². The second kappa shape index (κ2) is 6.28. The van der Waals surface area contributed by atoms with Gasteiger partial charge in [-0.3, -0.25) is 9.48 Å². The number of hydrogen-bond donors (Lipinski definition) is 2. The number of aromatic amines is 1. The minimum absolute atomic E-state index is 0.223. The number of fused-ring (bicyclic) bond motifs is 1. The van der Waals surface area contributed by atoms with Crippen molar-refractivity contribution in [2.75, 3.05) is 12.4 Å². The van der Waals surface area contributed by atoms with Crippen molar-refractivity contribution in [2.45, 2.75) is 0 Å². The molecule has 0 spiro atoms. The Morgan fingerprint density at radius 2 is 2.04 bits per heavy atom. The molecule has 0 aromatic carbocycles. The van der Waals surface area contributed by atoms with Crippen LogP contribution in [0.15, 0.2) is 47.9 Å². The summed E-state index contributed by atoms with van der Waals surface area (Å²) in [7, 11) is 3.32. The third-order valence-electron chi connectivity index (χ3n) is 3.83. The fourth-order valence-corrected chi connectivity index (χ4v) is 2.63. The summed E-state index contributed by atoms with van der Waals surface area (Å²) in [6.07, 6.45) is 8.32. The van der Waals surface area contributed by atoms with E-state index in [0.717, 1.165) is 11.1 Å². The Morgan fingerprint density at radius 3 is 2.73 bits per heavy atom. The first-order valence-corrected chi connectivity index (χ1v) is 7.78. The molecule has 0 saturated carbocycles. The Bertz CT molecular complexity index is 1130. The number of rotatable bonds is 4. The SMILES string of the molecule is COc1ncc(-c2cc3cc[nH]c(=O)c3c(Nc3cnn(C)c3)n2)cn1. The van der Waals surface area contributed by atoms with Crippen LogP contribution in [0.1, 0.15) is 0 Å². The number of hydrogen-bond acceptors (Lipinski definition) is 7. The molecule has 0 atom stereocenters. The van der Waals surface area contributed by atoms with Crippen LogP contribution in [0.5, 0.6) is 6.01 Å². The van der Waals surface area contributed by atoms with Gasteiger partial charge in [-0.1, -0.05) is 0 Å². The lowest BCUT2D eigenvalue weighted by Crippen LogP contribution is -2.09. The fraction of sp³-hybridized carbons (Fsp3) is 0.118. The van der Waals surface area contributed by atoms with E-state index in [1.807, 2.05) is 19.2 Å². The van der Waals surface area contributed by atoms with Crippen molar-refractivity contribution in [1.82, 2.24) is 29.7 Å². The maximum absolute atomic E-state index is 12.3. The first kappa shape index (κ1) is 15.8. The molecule has 4 rings (SSSR count). The number of nitrogens with zero attached hydrogens (tertiary/aromatic N) is 5. The average Bonchev–Trinajstić information content (AvgIpc) is 3.06. The quantitative estimate of drug-likeness (QED) is 0.578. The summed E-state index contributed by atoms with van der Waals surface area (Å²) in [6, 6.07) is 3.92. The van der Waals surface area contributed by atoms with Gasteiger partial charge in [-0.05, 0) is 17.5 Å². The molecule has 26 heavy (non-hydrogen) atoms. The van der Waals surface area contributed by atoms with E-state index in [2.05, 4.69) is 30.4 Å². The molecule has 0 radical (unpaired) electrons. The second-order valence-corrected chi connectivity index (χ2v) is 5.61. The van der Waals surface area contributed by atoms with E-state index in [1.165, 1.54) is 7.11 Å². The van der Waals surface area contributed by atoms with Crippen molar-refractivity contribution in [2.24, 2.45) is 7.05 Å². The van der Waals surface area contributed by atoms with E-state index >= 15 is 0 Å². The topological polar surface area (TPSA) is 111 Å². The molecule has 130 valence electrons. The molecule has 0 unspecified atom stereocenters. The molecule has 2 N–H and O–H groups in total. The van der Waals surface area contributed by atoms with Crippen molar-refractivity contribution in [3.8, 4) is 17.3 Å². The molecule has 9 nitrogen and oxygen atoms in total. The number of methoxy groups -OCH3 is 1. The molecule has 0 saturated heterocycles. The largest absolute Gasteiger partial charge is 0.467 e. The van der Waals surface area contributed by atoms with Gasteiger partial charge < -0.3 is 15.0 Å². The lowest BCUT2D eigenvalue weighted by atomic mass is 10.1. The Morgan fingerprint density at radius 1 is 1.23 bits per heavy atom. The predicted molar refractivity (Wildman–Crippen MR) is 96.4 cm³/mol. The highest BCUT2D eigenvalue weighted by Crippen LogP contribution is 2.27. The van der Waals surface area contributed by atoms with Crippen molar-refractivity contribution in [3.05, 3.63) is 53.5 Å². The molecule has 4 aromatic heterocycles. The van der Waals surface area contributed by atoms with Crippen LogP contribution in [-0.2, 0) is 7.05 Å². The van der Waals surface area contributed by atoms with Crippen LogP contribution in [0.25, 0.3) is 22.0 Å². The third kappa shape index (κ3) is 2.86. The number of nitrogens with one attached hydrogen (secondary N) is 2. The third-order valence-corrected chi connectivity index (χ3v) is 3.83. The van der Waals surface area contributed by atoms with Gasteiger partial charge in [0.2, 0.25) is 0 Å². The van der Waals surface area contributed by atoms with E-state index in [0.29, 0.717) is 22.5 Å². The monoisotopic (exact) mass is 349 g/mol. The van der Waals surface area contributed by atoms with E-state index < -0.39 is 0 Å². The zero-order valence-electron chi connectivity index (χ0n) is 14.1. The average molecular weight is 349 g/mol. The molecular weight excluding hydrogens is 334 g/mol. The molecular formula is C17H15N7O2. The van der Waals surface area contributed by atoms with E-state index in [9.17, 15) is 4.79 Å². The van der Waals surface area contributed by atoms with Gasteiger partial charge >= 0.3 is 6.01 Å². The molecule has 0 amide bonds. The van der Waals surface area contributed by atoms with Crippen LogP contribution < -0.4 is 15.6 Å². The first-order chi connectivity index (χ1) is 12.6. The summed E-state index contributed by atoms with van der Waals surface area (Å²) in [6.45, 7) is 0. The van der Waals surface area contributed by atoms with Crippen LogP contribution in [0.3, 0.4) is 0 Å². The summed E-state index contributed by atoms with van der Waals surface area (Å²) in [5.74, 6) is 0.433. The van der Waals surface area contributed by atoms with E-state index in [4.69, 9.17) is 4.74 Å². The van der Waals surface area contributed by atoms with Gasteiger partial charge in [-0.2, -0.15) is 5.10 Å². The van der Waals surface area contributed by atoms with Gasteiger partial charge in [0, 0.05) is 37.4 Å². The highest BCUT2D eigenvalue weighted by molar-refractivity contribution is 5.94. The number of H-pyrrole nitrogens is 1. The lowest BCUT2D eigenvalue weighted by molar-refractivity contribution is 0.380. The predicted octanol–water partition coefficient (Wildman–Crippen LogP) is 1.87. The summed E-state index contributed by atoms with van der Waals surface area (Å²) < 4.78 is 6.65. The summed E-state index contributed by atoms with van der Waals surface area (Å²) in [5, 5.41) is 8.50. The Kier molecular flexibility index (Phi) is 3.81. The number of ether oxygens (including phenoxy) is 1. The standard InChI is InChI=1S/C17H15N7O2/c1-24-9-12(8-21-24)22-15-14-10(3-4-18-16(14)25)5-13(23-15)11-6-19-17(26-2)20-7-11/h3-9H,1-2H3,(H,18,25)(H,22,23). The molecule has 0 fully saturated rings. The van der Waals surface area contributed by atoms with Crippen molar-refractivity contribution >= 4 is 22.3 Å². The van der Waals surface area contributed by atoms with E-state index in [-0.39, 0.29) is 11.6 Å². The van der Waals surface area contributed by atoms with Gasteiger partial charge in [-0.25, -0.2) is 15.0 Å². The summed E-state index contributed by atoms with van der Waals surface area (Å²) >= 11 is 0. The maximum atomic E-state index is 12.3. The molecule has 4 heterocycles. The van der Waals surface area contributed by atoms with Gasteiger partial charge in [0.15, 0.2) is 0 Å². The minimum atomic E-state index is -0.223. The Balaban J connectivity index is 1.88. The minimum Gasteiger partial charge on any atom is -0.467 e. The highest BCUT2D eigenvalue weighted by atomic mass is 16.5. The molecule has 9 heteroatoms. The summed E-state index contributed by atoms with van der Waals surface area (Å²) in [5.41, 5.74) is 1.85. The number of pyridine rings is 2. The lowest BCUT2D eigenvalue weighted by Gasteiger charge is -2.10. The zero-order chi connectivity index (χ0) is 18.1. The van der Waals surface area contributed by atoms with Crippen molar-refractivity contribution < 1.29 is 4.74 Å². The molecule has 0 aliphatic rings. The van der Waals surface area contributed by atoms with Gasteiger partial charge in [0.1, 0.15) is 5.82 Å². The van der Waals surface area contributed by atoms with Crippen LogP contribution in [-0.4, -0.2) is 36.8 Å². The molecule has 0 bridgehead atoms. The smallest absolute Gasteiger partial charge is 0.316 e. The second-order valence-electron chi connectivity index (χ2n) is 5.61. The number of aromatic nitrogens is 6. The zero-order valence-corrected chi connectivity index (χ0v) is 14.1. The Labute approximate surface area is 147 Å². The maximum Gasteiger partial charge on any atom is 0.316 e.